The molecule has 1 aliphatic carbocycles. The number of esters is 1. The summed E-state index contributed by atoms with van der Waals surface area (Å²) in [5, 5.41) is 21.2. The second-order valence-electron chi connectivity index (χ2n) is 8.91. The largest absolute Gasteiger partial charge is 0.492 e. The van der Waals surface area contributed by atoms with E-state index in [1.165, 1.54) is 26.0 Å². The first-order valence-electron chi connectivity index (χ1n) is 10.6. The lowest BCUT2D eigenvalue weighted by atomic mass is 9.91. The third kappa shape index (κ3) is 3.64. The lowest BCUT2D eigenvalue weighted by Gasteiger charge is -2.37. The van der Waals surface area contributed by atoms with E-state index in [-0.39, 0.29) is 11.3 Å². The van der Waals surface area contributed by atoms with E-state index in [0.717, 1.165) is 4.67 Å². The molecule has 4 rings (SSSR count). The average molecular weight is 469 g/mol. The summed E-state index contributed by atoms with van der Waals surface area (Å²) in [5.74, 6) is -1.42. The molecule has 2 heterocycles. The number of rotatable bonds is 6. The van der Waals surface area contributed by atoms with Crippen LogP contribution in [0.5, 0.6) is 5.75 Å². The zero-order valence-corrected chi connectivity index (χ0v) is 19.3. The molecule has 1 unspecified atom stereocenters. The Morgan fingerprint density at radius 2 is 1.97 bits per heavy atom. The lowest BCUT2D eigenvalue weighted by molar-refractivity contribution is -0.151. The number of benzene rings is 1. The van der Waals surface area contributed by atoms with Gasteiger partial charge >= 0.3 is 13.7 Å². The van der Waals surface area contributed by atoms with Gasteiger partial charge in [0.15, 0.2) is 0 Å². The van der Waals surface area contributed by atoms with Crippen LogP contribution >= 0.6 is 7.75 Å². The molecule has 1 saturated carbocycles. The molecule has 3 aliphatic rings. The maximum Gasteiger partial charge on any atom is 0.492 e. The summed E-state index contributed by atoms with van der Waals surface area (Å²) in [6.07, 6.45) is -1.57. The third-order valence-corrected chi connectivity index (χ3v) is 8.16. The fraction of sp³-hybridized carbons (Fsp3) is 0.619. The standard InChI is InChI=1S/C21H28NO9P/c1-12(2)29-19(25)13(3)22-18(24)14-7-5-6-8-15(14)31-32(22,27)28-11-16-17(23)20(4,26)21(30-16)9-10-21/h5-8,12-13,16-17,23,26H,9-11H2,1-4H3/t13-,16+,17+,20+,32?/m0/s1. The van der Waals surface area contributed by atoms with Crippen molar-refractivity contribution in [2.45, 2.75) is 76.1 Å². The first-order chi connectivity index (χ1) is 14.9. The zero-order valence-electron chi connectivity index (χ0n) is 18.4. The fourth-order valence-corrected chi connectivity index (χ4v) is 6.03. The maximum absolute atomic E-state index is 13.8. The highest BCUT2D eigenvalue weighted by Crippen LogP contribution is 2.60. The van der Waals surface area contributed by atoms with E-state index in [9.17, 15) is 24.4 Å². The van der Waals surface area contributed by atoms with Crippen molar-refractivity contribution in [3.05, 3.63) is 29.8 Å². The second-order valence-corrected chi connectivity index (χ2v) is 10.7. The van der Waals surface area contributed by atoms with E-state index < -0.39 is 61.8 Å². The summed E-state index contributed by atoms with van der Waals surface area (Å²) in [6.45, 7) is 5.75. The smallest absolute Gasteiger partial charge is 0.461 e. The quantitative estimate of drug-likeness (QED) is 0.474. The second kappa shape index (κ2) is 7.81. The van der Waals surface area contributed by atoms with Crippen molar-refractivity contribution in [2.75, 3.05) is 6.61 Å². The van der Waals surface area contributed by atoms with Gasteiger partial charge in [-0.2, -0.15) is 0 Å². The summed E-state index contributed by atoms with van der Waals surface area (Å²) in [4.78, 5) is 25.7. The molecule has 1 saturated heterocycles. The number of carbonyl (C=O) groups is 2. The van der Waals surface area contributed by atoms with Crippen molar-refractivity contribution >= 4 is 19.6 Å². The highest BCUT2D eigenvalue weighted by Gasteiger charge is 2.68. The molecule has 2 fully saturated rings. The average Bonchev–Trinajstić information content (AvgIpc) is 3.48. The van der Waals surface area contributed by atoms with Crippen molar-refractivity contribution in [1.29, 1.82) is 0 Å². The molecule has 10 nitrogen and oxygen atoms in total. The van der Waals surface area contributed by atoms with Crippen molar-refractivity contribution in [2.24, 2.45) is 0 Å². The Balaban J connectivity index is 1.61. The van der Waals surface area contributed by atoms with E-state index in [1.54, 1.807) is 26.0 Å². The Bertz CT molecular complexity index is 974. The fourth-order valence-electron chi connectivity index (χ4n) is 4.17. The van der Waals surface area contributed by atoms with Gasteiger partial charge in [-0.3, -0.25) is 9.32 Å². The van der Waals surface area contributed by atoms with E-state index in [2.05, 4.69) is 0 Å². The minimum atomic E-state index is -4.40. The van der Waals surface area contributed by atoms with Crippen LogP contribution < -0.4 is 4.52 Å². The molecule has 1 aromatic carbocycles. The van der Waals surface area contributed by atoms with E-state index in [4.69, 9.17) is 18.5 Å². The van der Waals surface area contributed by atoms with Gasteiger partial charge in [0.2, 0.25) is 0 Å². The van der Waals surface area contributed by atoms with Crippen molar-refractivity contribution in [3.8, 4) is 5.75 Å². The summed E-state index contributed by atoms with van der Waals surface area (Å²) >= 11 is 0. The van der Waals surface area contributed by atoms with Crippen molar-refractivity contribution < 1.29 is 42.9 Å². The zero-order chi connectivity index (χ0) is 23.5. The van der Waals surface area contributed by atoms with Gasteiger partial charge in [-0.15, -0.1) is 0 Å². The molecule has 2 N–H and O–H groups in total. The molecule has 0 radical (unpaired) electrons. The molecular weight excluding hydrogens is 441 g/mol. The number of ether oxygens (including phenoxy) is 2. The number of hydrogen-bond acceptors (Lipinski definition) is 9. The van der Waals surface area contributed by atoms with Crippen LogP contribution in [-0.2, 0) is 23.4 Å². The Kier molecular flexibility index (Phi) is 5.66. The molecule has 32 heavy (non-hydrogen) atoms. The molecule has 1 spiro atoms. The minimum Gasteiger partial charge on any atom is -0.461 e. The number of aliphatic hydroxyl groups is 2. The lowest BCUT2D eigenvalue weighted by Crippen LogP contribution is -2.48. The van der Waals surface area contributed by atoms with Gasteiger partial charge in [0.25, 0.3) is 5.91 Å². The van der Waals surface area contributed by atoms with Crippen molar-refractivity contribution in [1.82, 2.24) is 4.67 Å². The molecule has 0 bridgehead atoms. The molecule has 1 amide bonds. The number of aliphatic hydroxyl groups excluding tert-OH is 1. The number of nitrogens with zero attached hydrogens (tertiary/aromatic N) is 1. The Labute approximate surface area is 186 Å². The molecule has 1 aromatic rings. The third-order valence-electron chi connectivity index (χ3n) is 6.20. The number of hydrogen-bond donors (Lipinski definition) is 2. The van der Waals surface area contributed by atoms with E-state index in [1.807, 2.05) is 0 Å². The topological polar surface area (TPSA) is 132 Å². The van der Waals surface area contributed by atoms with Gasteiger partial charge in [0, 0.05) is 0 Å². The van der Waals surface area contributed by atoms with Crippen LogP contribution in [0.15, 0.2) is 24.3 Å². The molecule has 5 atom stereocenters. The number of fused-ring (bicyclic) bond motifs is 1. The van der Waals surface area contributed by atoms with Gasteiger partial charge in [-0.1, -0.05) is 12.1 Å². The van der Waals surface area contributed by atoms with Crippen LogP contribution in [0.1, 0.15) is 50.9 Å². The van der Waals surface area contributed by atoms with Crippen LogP contribution in [0.3, 0.4) is 0 Å². The summed E-state index contributed by atoms with van der Waals surface area (Å²) in [6, 6.07) is 4.93. The molecule has 176 valence electrons. The number of carbonyl (C=O) groups excluding carboxylic acids is 2. The van der Waals surface area contributed by atoms with Gasteiger partial charge in [-0.05, 0) is 52.7 Å². The SMILES string of the molecule is CC(C)OC(=O)[C@H](C)N1C(=O)c2ccccc2OP1(=O)OC[C@H]1OC2(CC2)[C@](C)(O)[C@@H]1O. The molecule has 2 aliphatic heterocycles. The first kappa shape index (κ1) is 23.2. The Morgan fingerprint density at radius 3 is 2.56 bits per heavy atom. The number of para-hydroxylation sites is 1. The van der Waals surface area contributed by atoms with Crippen LogP contribution in [0, 0.1) is 0 Å². The van der Waals surface area contributed by atoms with Gasteiger partial charge in [-0.25, -0.2) is 14.0 Å². The van der Waals surface area contributed by atoms with Crippen LogP contribution in [0.2, 0.25) is 0 Å². The molecular formula is C21H28NO9P. The van der Waals surface area contributed by atoms with Gasteiger partial charge in [0.1, 0.15) is 29.6 Å². The van der Waals surface area contributed by atoms with Gasteiger partial charge in [0.05, 0.1) is 23.9 Å². The van der Waals surface area contributed by atoms with E-state index in [0.29, 0.717) is 12.8 Å². The number of amides is 1. The highest BCUT2D eigenvalue weighted by molar-refractivity contribution is 7.52. The molecule has 11 heteroatoms. The Morgan fingerprint density at radius 1 is 1.31 bits per heavy atom. The predicted octanol–water partition coefficient (Wildman–Crippen LogP) is 2.03. The predicted molar refractivity (Wildman–Crippen MR) is 111 cm³/mol. The van der Waals surface area contributed by atoms with Crippen LogP contribution in [0.4, 0.5) is 0 Å². The van der Waals surface area contributed by atoms with Crippen LogP contribution in [0.25, 0.3) is 0 Å². The highest BCUT2D eigenvalue weighted by atomic mass is 31.2. The maximum atomic E-state index is 13.8. The monoisotopic (exact) mass is 469 g/mol. The Hall–Kier alpha value is -1.97. The normalized spacial score (nSPS) is 33.7. The van der Waals surface area contributed by atoms with Crippen LogP contribution in [-0.4, -0.2) is 68.9 Å². The molecule has 0 aromatic heterocycles. The minimum absolute atomic E-state index is 0.0556. The summed E-state index contributed by atoms with van der Waals surface area (Å²) < 4.78 is 36.8. The summed E-state index contributed by atoms with van der Waals surface area (Å²) in [5.41, 5.74) is -2.22. The van der Waals surface area contributed by atoms with Crippen molar-refractivity contribution in [3.63, 3.8) is 0 Å². The summed E-state index contributed by atoms with van der Waals surface area (Å²) in [7, 11) is -4.40. The van der Waals surface area contributed by atoms with E-state index >= 15 is 0 Å². The first-order valence-corrected chi connectivity index (χ1v) is 12.1. The van der Waals surface area contributed by atoms with Gasteiger partial charge < -0.3 is 24.2 Å².